The van der Waals surface area contributed by atoms with Crippen molar-refractivity contribution >= 4 is 12.0 Å². The van der Waals surface area contributed by atoms with Crippen molar-refractivity contribution in [1.29, 1.82) is 0 Å². The van der Waals surface area contributed by atoms with Crippen molar-refractivity contribution in [3.8, 4) is 0 Å². The molecule has 2 amide bonds. The van der Waals surface area contributed by atoms with Gasteiger partial charge < -0.3 is 20.0 Å². The fourth-order valence-electron chi connectivity index (χ4n) is 1.72. The molecule has 0 atom stereocenters. The van der Waals surface area contributed by atoms with Crippen LogP contribution in [0.1, 0.15) is 34.6 Å². The van der Waals surface area contributed by atoms with Gasteiger partial charge in [-0.3, -0.25) is 0 Å². The smallest absolute Gasteiger partial charge is 0.329 e. The number of carbonyl (C=O) groups is 2. The molecule has 6 nitrogen and oxygen atoms in total. The van der Waals surface area contributed by atoms with Crippen LogP contribution in [-0.4, -0.2) is 63.3 Å². The van der Waals surface area contributed by atoms with E-state index >= 15 is 0 Å². The van der Waals surface area contributed by atoms with Gasteiger partial charge in [0.25, 0.3) is 0 Å². The van der Waals surface area contributed by atoms with Gasteiger partial charge in [-0.15, -0.1) is 0 Å². The van der Waals surface area contributed by atoms with Crippen LogP contribution in [0.3, 0.4) is 0 Å². The van der Waals surface area contributed by atoms with Crippen molar-refractivity contribution < 1.29 is 19.8 Å². The van der Waals surface area contributed by atoms with Gasteiger partial charge in [0.2, 0.25) is 0 Å². The average molecular weight is 260 g/mol. The number of aliphatic hydroxyl groups is 1. The molecule has 0 heterocycles. The Kier molecular flexibility index (Phi) is 6.11. The van der Waals surface area contributed by atoms with Crippen molar-refractivity contribution in [1.82, 2.24) is 9.80 Å². The summed E-state index contributed by atoms with van der Waals surface area (Å²) < 4.78 is 0. The van der Waals surface area contributed by atoms with Crippen LogP contribution in [0.15, 0.2) is 0 Å². The van der Waals surface area contributed by atoms with E-state index in [1.165, 1.54) is 23.6 Å². The molecule has 0 fully saturated rings. The molecule has 0 aromatic rings. The van der Waals surface area contributed by atoms with Gasteiger partial charge in [0.15, 0.2) is 0 Å². The van der Waals surface area contributed by atoms with Gasteiger partial charge in [0.05, 0.1) is 6.61 Å². The minimum atomic E-state index is -1.27. The molecule has 0 bridgehead atoms. The van der Waals surface area contributed by atoms with E-state index in [1.54, 1.807) is 6.92 Å². The number of likely N-dealkylation sites (N-methyl/N-ethyl adjacent to an activating group) is 1. The molecule has 18 heavy (non-hydrogen) atoms. The molecule has 0 aliphatic rings. The molecule has 106 valence electrons. The molecule has 0 rings (SSSR count). The summed E-state index contributed by atoms with van der Waals surface area (Å²) in [5, 5.41) is 18.2. The first kappa shape index (κ1) is 16.7. The van der Waals surface area contributed by atoms with Gasteiger partial charge in [0, 0.05) is 19.1 Å². The zero-order chi connectivity index (χ0) is 14.5. The third kappa shape index (κ3) is 3.60. The highest BCUT2D eigenvalue weighted by atomic mass is 16.4. The third-order valence-electron chi connectivity index (χ3n) is 2.96. The van der Waals surface area contributed by atoms with Crippen molar-refractivity contribution in [2.45, 2.75) is 46.2 Å². The summed E-state index contributed by atoms with van der Waals surface area (Å²) in [7, 11) is 0. The predicted octanol–water partition coefficient (Wildman–Crippen LogP) is 0.994. The molecule has 6 heteroatoms. The van der Waals surface area contributed by atoms with E-state index in [1.807, 2.05) is 13.8 Å². The van der Waals surface area contributed by atoms with Crippen molar-refractivity contribution in [2.75, 3.05) is 19.7 Å². The first-order valence-electron chi connectivity index (χ1n) is 6.12. The lowest BCUT2D eigenvalue weighted by Crippen LogP contribution is -2.58. The molecule has 0 unspecified atom stereocenters. The van der Waals surface area contributed by atoms with Gasteiger partial charge in [-0.1, -0.05) is 0 Å². The summed E-state index contributed by atoms with van der Waals surface area (Å²) in [5.74, 6) is -1.05. The molecular weight excluding hydrogens is 236 g/mol. The van der Waals surface area contributed by atoms with Crippen molar-refractivity contribution in [2.24, 2.45) is 0 Å². The van der Waals surface area contributed by atoms with Crippen LogP contribution in [0.25, 0.3) is 0 Å². The fraction of sp³-hybridized carbons (Fsp3) is 0.833. The molecule has 2 N–H and O–H groups in total. The molecule has 0 spiro atoms. The number of hydrogen-bond donors (Lipinski definition) is 2. The number of amides is 2. The number of carboxylic acid groups (broad SMARTS) is 1. The molecular formula is C12H24N2O4. The molecule has 0 saturated heterocycles. The summed E-state index contributed by atoms with van der Waals surface area (Å²) in [4.78, 5) is 26.3. The average Bonchev–Trinajstić information content (AvgIpc) is 2.25. The van der Waals surface area contributed by atoms with Crippen LogP contribution < -0.4 is 0 Å². The zero-order valence-electron chi connectivity index (χ0n) is 11.8. The summed E-state index contributed by atoms with van der Waals surface area (Å²) in [6.45, 7) is 8.73. The highest BCUT2D eigenvalue weighted by Gasteiger charge is 2.39. The lowest BCUT2D eigenvalue weighted by Gasteiger charge is -2.39. The second-order valence-electron chi connectivity index (χ2n) is 4.90. The van der Waals surface area contributed by atoms with E-state index in [0.29, 0.717) is 6.54 Å². The van der Waals surface area contributed by atoms with E-state index in [-0.39, 0.29) is 25.2 Å². The van der Waals surface area contributed by atoms with Crippen LogP contribution in [0.5, 0.6) is 0 Å². The number of aliphatic hydroxyl groups excluding tert-OH is 1. The minimum absolute atomic E-state index is 0.0942. The second kappa shape index (κ2) is 6.58. The van der Waals surface area contributed by atoms with Crippen LogP contribution in [-0.2, 0) is 4.79 Å². The Labute approximate surface area is 108 Å². The lowest BCUT2D eigenvalue weighted by molar-refractivity contribution is -0.147. The number of nitrogens with zero attached hydrogens (tertiary/aromatic N) is 2. The lowest BCUT2D eigenvalue weighted by atomic mass is 10.0. The Morgan fingerprint density at radius 3 is 2.06 bits per heavy atom. The van der Waals surface area contributed by atoms with E-state index in [4.69, 9.17) is 5.11 Å². The number of rotatable bonds is 6. The van der Waals surface area contributed by atoms with Crippen LogP contribution in [0, 0.1) is 0 Å². The quantitative estimate of drug-likeness (QED) is 0.746. The van der Waals surface area contributed by atoms with Crippen LogP contribution >= 0.6 is 0 Å². The Morgan fingerprint density at radius 1 is 1.28 bits per heavy atom. The summed E-state index contributed by atoms with van der Waals surface area (Å²) in [6.07, 6.45) is 0. The number of hydrogen-bond acceptors (Lipinski definition) is 3. The Bertz CT molecular complexity index is 302. The molecule has 0 aliphatic carbocycles. The largest absolute Gasteiger partial charge is 0.480 e. The maximum atomic E-state index is 12.3. The fourth-order valence-corrected chi connectivity index (χ4v) is 1.72. The molecule has 0 aromatic carbocycles. The highest BCUT2D eigenvalue weighted by molar-refractivity contribution is 5.85. The summed E-state index contributed by atoms with van der Waals surface area (Å²) in [6, 6.07) is -0.461. The van der Waals surface area contributed by atoms with Crippen molar-refractivity contribution in [3.63, 3.8) is 0 Å². The van der Waals surface area contributed by atoms with Gasteiger partial charge in [-0.2, -0.15) is 0 Å². The molecule has 0 saturated carbocycles. The maximum absolute atomic E-state index is 12.3. The molecule has 0 aromatic heterocycles. The topological polar surface area (TPSA) is 81.1 Å². The standard InChI is InChI=1S/C12H24N2O4/c1-6-14(12(4,5)10(16)17)11(18)13(7-8-15)9(2)3/h9,15H,6-8H2,1-5H3,(H,16,17). The minimum Gasteiger partial charge on any atom is -0.480 e. The summed E-state index contributed by atoms with van der Waals surface area (Å²) in [5.41, 5.74) is -1.27. The number of aliphatic carboxylic acids is 1. The van der Waals surface area contributed by atoms with E-state index in [2.05, 4.69) is 0 Å². The van der Waals surface area contributed by atoms with Crippen LogP contribution in [0.2, 0.25) is 0 Å². The van der Waals surface area contributed by atoms with E-state index in [9.17, 15) is 14.7 Å². The van der Waals surface area contributed by atoms with Gasteiger partial charge in [0.1, 0.15) is 5.54 Å². The monoisotopic (exact) mass is 260 g/mol. The van der Waals surface area contributed by atoms with Gasteiger partial charge in [-0.05, 0) is 34.6 Å². The molecule has 0 radical (unpaired) electrons. The molecule has 0 aliphatic heterocycles. The SMILES string of the molecule is CCN(C(=O)N(CCO)C(C)C)C(C)(C)C(=O)O. The normalized spacial score (nSPS) is 11.5. The second-order valence-corrected chi connectivity index (χ2v) is 4.90. The van der Waals surface area contributed by atoms with Crippen LogP contribution in [0.4, 0.5) is 4.79 Å². The Hall–Kier alpha value is -1.30. The van der Waals surface area contributed by atoms with Crippen molar-refractivity contribution in [3.05, 3.63) is 0 Å². The zero-order valence-corrected chi connectivity index (χ0v) is 11.8. The van der Waals surface area contributed by atoms with Gasteiger partial charge in [-0.25, -0.2) is 9.59 Å². The number of urea groups is 1. The number of carboxylic acids is 1. The first-order chi connectivity index (χ1) is 8.19. The van der Waals surface area contributed by atoms with E-state index < -0.39 is 11.5 Å². The summed E-state index contributed by atoms with van der Waals surface area (Å²) >= 11 is 0. The number of carbonyl (C=O) groups excluding carboxylic acids is 1. The maximum Gasteiger partial charge on any atom is 0.329 e. The highest BCUT2D eigenvalue weighted by Crippen LogP contribution is 2.18. The Balaban J connectivity index is 5.16. The Morgan fingerprint density at radius 2 is 1.78 bits per heavy atom. The van der Waals surface area contributed by atoms with E-state index in [0.717, 1.165) is 0 Å². The van der Waals surface area contributed by atoms with Gasteiger partial charge >= 0.3 is 12.0 Å². The first-order valence-corrected chi connectivity index (χ1v) is 6.12. The predicted molar refractivity (Wildman–Crippen MR) is 68.4 cm³/mol. The third-order valence-corrected chi connectivity index (χ3v) is 2.96.